The van der Waals surface area contributed by atoms with Crippen LogP contribution in [0.4, 0.5) is 0 Å². The number of aliphatic hydroxyl groups is 2. The minimum Gasteiger partial charge on any atom is -0.393 e. The van der Waals surface area contributed by atoms with E-state index in [0.29, 0.717) is 6.42 Å². The van der Waals surface area contributed by atoms with Gasteiger partial charge in [-0.2, -0.15) is 0 Å². The largest absolute Gasteiger partial charge is 0.393 e. The third-order valence-corrected chi connectivity index (χ3v) is 2.44. The van der Waals surface area contributed by atoms with Crippen LogP contribution in [0.1, 0.15) is 20.3 Å². The summed E-state index contributed by atoms with van der Waals surface area (Å²) in [6.07, 6.45) is 0.572. The first kappa shape index (κ1) is 10.9. The van der Waals surface area contributed by atoms with Crippen molar-refractivity contribution >= 4 is 0 Å². The van der Waals surface area contributed by atoms with Crippen LogP contribution in [-0.2, 0) is 0 Å². The van der Waals surface area contributed by atoms with Gasteiger partial charge in [0.05, 0.1) is 6.61 Å². The quantitative estimate of drug-likeness (QED) is 0.613. The number of aliphatic hydroxyl groups excluding tert-OH is 1. The molecule has 0 aromatic heterocycles. The van der Waals surface area contributed by atoms with Crippen LogP contribution >= 0.6 is 0 Å². The Hall–Kier alpha value is -0.120. The Bertz CT molecular complexity index is 111. The summed E-state index contributed by atoms with van der Waals surface area (Å²) in [7, 11) is 3.78. The van der Waals surface area contributed by atoms with E-state index in [4.69, 9.17) is 5.11 Å². The van der Waals surface area contributed by atoms with Crippen molar-refractivity contribution in [1.29, 1.82) is 0 Å². The van der Waals surface area contributed by atoms with Crippen molar-refractivity contribution in [2.24, 2.45) is 0 Å². The van der Waals surface area contributed by atoms with Crippen LogP contribution in [0.25, 0.3) is 0 Å². The zero-order valence-corrected chi connectivity index (χ0v) is 7.83. The van der Waals surface area contributed by atoms with Crippen LogP contribution in [0.5, 0.6) is 0 Å². The van der Waals surface area contributed by atoms with E-state index in [0.717, 1.165) is 0 Å². The zero-order valence-electron chi connectivity index (χ0n) is 7.83. The molecule has 0 aliphatic heterocycles. The molecule has 0 rings (SSSR count). The SMILES string of the molecule is CCC(O)(CO)C(C)N(C)C. The first-order valence-corrected chi connectivity index (χ1v) is 3.97. The third-order valence-electron chi connectivity index (χ3n) is 2.44. The van der Waals surface area contributed by atoms with Gasteiger partial charge in [0.25, 0.3) is 0 Å². The average molecular weight is 161 g/mol. The van der Waals surface area contributed by atoms with Crippen LogP contribution in [0.15, 0.2) is 0 Å². The Labute approximate surface area is 68.6 Å². The molecule has 0 heterocycles. The minimum absolute atomic E-state index is 0.0162. The van der Waals surface area contributed by atoms with E-state index < -0.39 is 5.60 Å². The van der Waals surface area contributed by atoms with Crippen molar-refractivity contribution in [1.82, 2.24) is 4.90 Å². The Kier molecular flexibility index (Phi) is 4.00. The molecule has 3 nitrogen and oxygen atoms in total. The second kappa shape index (κ2) is 4.04. The van der Waals surface area contributed by atoms with Crippen molar-refractivity contribution in [3.05, 3.63) is 0 Å². The fraction of sp³-hybridized carbons (Fsp3) is 1.00. The molecule has 11 heavy (non-hydrogen) atoms. The van der Waals surface area contributed by atoms with Gasteiger partial charge in [-0.15, -0.1) is 0 Å². The maximum Gasteiger partial charge on any atom is 0.103 e. The molecular formula is C8H19NO2. The molecule has 0 aliphatic carbocycles. The number of rotatable bonds is 4. The molecule has 0 radical (unpaired) electrons. The fourth-order valence-corrected chi connectivity index (χ4v) is 1.02. The van der Waals surface area contributed by atoms with Crippen LogP contribution in [0.2, 0.25) is 0 Å². The lowest BCUT2D eigenvalue weighted by Crippen LogP contribution is -2.50. The molecule has 0 fully saturated rings. The van der Waals surface area contributed by atoms with E-state index >= 15 is 0 Å². The van der Waals surface area contributed by atoms with Gasteiger partial charge in [-0.1, -0.05) is 6.92 Å². The summed E-state index contributed by atoms with van der Waals surface area (Å²) < 4.78 is 0. The predicted molar refractivity (Wildman–Crippen MR) is 45.5 cm³/mol. The van der Waals surface area contributed by atoms with Crippen molar-refractivity contribution in [3.63, 3.8) is 0 Å². The summed E-state index contributed by atoms with van der Waals surface area (Å²) in [5.41, 5.74) is -0.955. The average Bonchev–Trinajstić information content (AvgIpc) is 2.01. The molecule has 2 N–H and O–H groups in total. The lowest BCUT2D eigenvalue weighted by molar-refractivity contribution is -0.0679. The van der Waals surface area contributed by atoms with Crippen molar-refractivity contribution in [3.8, 4) is 0 Å². The molecular weight excluding hydrogens is 142 g/mol. The van der Waals surface area contributed by atoms with Gasteiger partial charge in [-0.3, -0.25) is 0 Å². The number of hydrogen-bond donors (Lipinski definition) is 2. The summed E-state index contributed by atoms with van der Waals surface area (Å²) in [5, 5.41) is 18.7. The lowest BCUT2D eigenvalue weighted by atomic mass is 9.93. The van der Waals surface area contributed by atoms with Gasteiger partial charge in [-0.05, 0) is 27.4 Å². The first-order chi connectivity index (χ1) is 4.98. The lowest BCUT2D eigenvalue weighted by Gasteiger charge is -2.35. The summed E-state index contributed by atoms with van der Waals surface area (Å²) in [4.78, 5) is 1.90. The Morgan fingerprint density at radius 1 is 1.45 bits per heavy atom. The summed E-state index contributed by atoms with van der Waals surface area (Å²) in [6.45, 7) is 3.60. The second-order valence-corrected chi connectivity index (χ2v) is 3.25. The van der Waals surface area contributed by atoms with Crippen LogP contribution in [0, 0.1) is 0 Å². The molecule has 0 saturated carbocycles. The van der Waals surface area contributed by atoms with Crippen LogP contribution < -0.4 is 0 Å². The topological polar surface area (TPSA) is 43.7 Å². The van der Waals surface area contributed by atoms with E-state index in [1.807, 2.05) is 32.8 Å². The molecule has 2 unspecified atom stereocenters. The van der Waals surface area contributed by atoms with Crippen LogP contribution in [0.3, 0.4) is 0 Å². The van der Waals surface area contributed by atoms with E-state index in [1.165, 1.54) is 0 Å². The molecule has 0 saturated heterocycles. The third kappa shape index (κ3) is 2.43. The van der Waals surface area contributed by atoms with E-state index in [2.05, 4.69) is 0 Å². The van der Waals surface area contributed by atoms with E-state index in [9.17, 15) is 5.11 Å². The number of likely N-dealkylation sites (N-methyl/N-ethyl adjacent to an activating group) is 1. The van der Waals surface area contributed by atoms with Crippen molar-refractivity contribution in [2.45, 2.75) is 31.9 Å². The molecule has 0 aromatic rings. The van der Waals surface area contributed by atoms with E-state index in [-0.39, 0.29) is 12.6 Å². The van der Waals surface area contributed by atoms with Gasteiger partial charge in [-0.25, -0.2) is 0 Å². The standard InChI is InChI=1S/C8H19NO2/c1-5-8(11,6-10)7(2)9(3)4/h7,10-11H,5-6H2,1-4H3. The van der Waals surface area contributed by atoms with Gasteiger partial charge in [0, 0.05) is 6.04 Å². The maximum atomic E-state index is 9.78. The van der Waals surface area contributed by atoms with Gasteiger partial charge >= 0.3 is 0 Å². The maximum absolute atomic E-state index is 9.78. The summed E-state index contributed by atoms with van der Waals surface area (Å²) in [5.74, 6) is 0. The number of hydrogen-bond acceptors (Lipinski definition) is 3. The summed E-state index contributed by atoms with van der Waals surface area (Å²) >= 11 is 0. The molecule has 2 atom stereocenters. The van der Waals surface area contributed by atoms with Crippen LogP contribution in [-0.4, -0.2) is 47.5 Å². The fourth-order valence-electron chi connectivity index (χ4n) is 1.02. The van der Waals surface area contributed by atoms with E-state index in [1.54, 1.807) is 0 Å². The Morgan fingerprint density at radius 3 is 2.00 bits per heavy atom. The normalized spacial score (nSPS) is 19.9. The molecule has 0 aromatic carbocycles. The van der Waals surface area contributed by atoms with Gasteiger partial charge in [0.2, 0.25) is 0 Å². The zero-order chi connectivity index (χ0) is 9.07. The van der Waals surface area contributed by atoms with Gasteiger partial charge in [0.1, 0.15) is 5.60 Å². The molecule has 0 amide bonds. The Balaban J connectivity index is 4.24. The highest BCUT2D eigenvalue weighted by atomic mass is 16.3. The second-order valence-electron chi connectivity index (χ2n) is 3.25. The van der Waals surface area contributed by atoms with Crippen molar-refractivity contribution < 1.29 is 10.2 Å². The molecule has 3 heteroatoms. The monoisotopic (exact) mass is 161 g/mol. The molecule has 0 aliphatic rings. The minimum atomic E-state index is -0.955. The molecule has 0 bridgehead atoms. The predicted octanol–water partition coefficient (Wildman–Crippen LogP) is 0.0699. The summed E-state index contributed by atoms with van der Waals surface area (Å²) in [6, 6.07) is -0.0162. The van der Waals surface area contributed by atoms with Gasteiger partial charge in [0.15, 0.2) is 0 Å². The number of nitrogens with zero attached hydrogens (tertiary/aromatic N) is 1. The smallest absolute Gasteiger partial charge is 0.103 e. The highest BCUT2D eigenvalue weighted by Gasteiger charge is 2.32. The highest BCUT2D eigenvalue weighted by molar-refractivity contribution is 4.86. The molecule has 68 valence electrons. The molecule has 0 spiro atoms. The Morgan fingerprint density at radius 2 is 1.91 bits per heavy atom. The van der Waals surface area contributed by atoms with Gasteiger partial charge < -0.3 is 15.1 Å². The van der Waals surface area contributed by atoms with Crippen molar-refractivity contribution in [2.75, 3.05) is 20.7 Å². The first-order valence-electron chi connectivity index (χ1n) is 3.97. The highest BCUT2D eigenvalue weighted by Crippen LogP contribution is 2.17.